The van der Waals surface area contributed by atoms with Gasteiger partial charge in [-0.3, -0.25) is 4.79 Å². The Balaban J connectivity index is 1.40. The molecule has 0 bridgehead atoms. The summed E-state index contributed by atoms with van der Waals surface area (Å²) < 4.78 is 7.68. The monoisotopic (exact) mass is 466 g/mol. The molecule has 0 radical (unpaired) electrons. The minimum absolute atomic E-state index is 0.135. The first-order valence-corrected chi connectivity index (χ1v) is 11.4. The van der Waals surface area contributed by atoms with Crippen LogP contribution in [0.3, 0.4) is 0 Å². The molecule has 0 saturated heterocycles. The molecule has 0 fully saturated rings. The van der Waals surface area contributed by atoms with E-state index in [1.54, 1.807) is 18.3 Å². The highest BCUT2D eigenvalue weighted by atomic mass is 35.5. The summed E-state index contributed by atoms with van der Waals surface area (Å²) in [7, 11) is 1.90. The number of rotatable bonds is 8. The molecule has 8 heteroatoms. The van der Waals surface area contributed by atoms with Crippen LogP contribution in [0, 0.1) is 6.92 Å². The highest BCUT2D eigenvalue weighted by Crippen LogP contribution is 2.23. The number of thiazole rings is 1. The molecule has 0 saturated carbocycles. The zero-order valence-electron chi connectivity index (χ0n) is 17.8. The SMILES string of the molecule is Cc1ccc(OCc2nc(CC(=O)N[C@@H](c3ccc(Cl)cc3)c3nccn3C)cs2)cc1. The van der Waals surface area contributed by atoms with Crippen molar-refractivity contribution in [2.75, 3.05) is 0 Å². The lowest BCUT2D eigenvalue weighted by Crippen LogP contribution is -2.32. The minimum atomic E-state index is -0.386. The standard InChI is InChI=1S/C24H23ClN4O2S/c1-16-3-9-20(10-4-16)31-14-22-27-19(15-32-22)13-21(30)28-23(24-26-11-12-29(24)2)17-5-7-18(25)8-6-17/h3-12,15,23H,13-14H2,1-2H3,(H,28,30)/t23-/m0/s1. The van der Waals surface area contributed by atoms with Crippen molar-refractivity contribution in [3.05, 3.63) is 99.0 Å². The van der Waals surface area contributed by atoms with Gasteiger partial charge in [-0.1, -0.05) is 41.4 Å². The van der Waals surface area contributed by atoms with Gasteiger partial charge in [-0.05, 0) is 36.8 Å². The van der Waals surface area contributed by atoms with Crippen LogP contribution in [0.1, 0.15) is 33.7 Å². The van der Waals surface area contributed by atoms with Gasteiger partial charge < -0.3 is 14.6 Å². The molecule has 0 aliphatic carbocycles. The summed E-state index contributed by atoms with van der Waals surface area (Å²) in [5, 5.41) is 6.45. The van der Waals surface area contributed by atoms with Crippen molar-refractivity contribution in [3.8, 4) is 5.75 Å². The third-order valence-corrected chi connectivity index (χ3v) is 6.07. The largest absolute Gasteiger partial charge is 0.486 e. The van der Waals surface area contributed by atoms with E-state index in [2.05, 4.69) is 15.3 Å². The van der Waals surface area contributed by atoms with Crippen LogP contribution >= 0.6 is 22.9 Å². The molecule has 2 aromatic heterocycles. The molecule has 1 atom stereocenters. The number of aromatic nitrogens is 3. The number of hydrogen-bond donors (Lipinski definition) is 1. The number of nitrogens with zero attached hydrogens (tertiary/aromatic N) is 3. The number of halogens is 1. The number of aryl methyl sites for hydroxylation is 2. The first-order valence-electron chi connectivity index (χ1n) is 10.1. The number of amides is 1. The van der Waals surface area contributed by atoms with E-state index in [0.717, 1.165) is 22.1 Å². The molecule has 0 spiro atoms. The molecule has 4 aromatic rings. The number of ether oxygens (including phenoxy) is 1. The van der Waals surface area contributed by atoms with Gasteiger partial charge >= 0.3 is 0 Å². The molecular weight excluding hydrogens is 444 g/mol. The first kappa shape index (κ1) is 22.0. The molecule has 1 N–H and O–H groups in total. The fourth-order valence-corrected chi connectivity index (χ4v) is 4.09. The summed E-state index contributed by atoms with van der Waals surface area (Å²) in [6, 6.07) is 14.9. The summed E-state index contributed by atoms with van der Waals surface area (Å²) in [6.07, 6.45) is 3.74. The van der Waals surface area contributed by atoms with Crippen molar-refractivity contribution in [2.45, 2.75) is 26.0 Å². The number of carbonyl (C=O) groups excluding carboxylic acids is 1. The average Bonchev–Trinajstić information content (AvgIpc) is 3.41. The number of imidazole rings is 1. The van der Waals surface area contributed by atoms with E-state index in [-0.39, 0.29) is 18.4 Å². The topological polar surface area (TPSA) is 69.0 Å². The van der Waals surface area contributed by atoms with Crippen LogP contribution in [-0.2, 0) is 24.9 Å². The van der Waals surface area contributed by atoms with Crippen LogP contribution in [0.25, 0.3) is 0 Å². The predicted octanol–water partition coefficient (Wildman–Crippen LogP) is 4.87. The smallest absolute Gasteiger partial charge is 0.226 e. The zero-order chi connectivity index (χ0) is 22.5. The van der Waals surface area contributed by atoms with Crippen LogP contribution in [0.15, 0.2) is 66.3 Å². The number of benzene rings is 2. The summed E-state index contributed by atoms with van der Waals surface area (Å²) in [5.74, 6) is 1.40. The van der Waals surface area contributed by atoms with Gasteiger partial charge in [0.2, 0.25) is 5.91 Å². The molecule has 6 nitrogen and oxygen atoms in total. The Morgan fingerprint density at radius 3 is 2.62 bits per heavy atom. The molecule has 2 heterocycles. The molecule has 0 aliphatic heterocycles. The van der Waals surface area contributed by atoms with E-state index >= 15 is 0 Å². The second-order valence-corrected chi connectivity index (χ2v) is 8.84. The molecular formula is C24H23ClN4O2S. The Hall–Kier alpha value is -3.16. The van der Waals surface area contributed by atoms with Gasteiger partial charge in [-0.15, -0.1) is 11.3 Å². The van der Waals surface area contributed by atoms with Crippen molar-refractivity contribution >= 4 is 28.8 Å². The van der Waals surface area contributed by atoms with Crippen molar-refractivity contribution < 1.29 is 9.53 Å². The van der Waals surface area contributed by atoms with Crippen LogP contribution in [0.5, 0.6) is 5.75 Å². The molecule has 32 heavy (non-hydrogen) atoms. The maximum absolute atomic E-state index is 12.8. The summed E-state index contributed by atoms with van der Waals surface area (Å²) in [5.41, 5.74) is 2.80. The maximum Gasteiger partial charge on any atom is 0.226 e. The number of carbonyl (C=O) groups is 1. The quantitative estimate of drug-likeness (QED) is 0.402. The van der Waals surface area contributed by atoms with Crippen molar-refractivity contribution in [2.24, 2.45) is 7.05 Å². The van der Waals surface area contributed by atoms with Gasteiger partial charge in [0.25, 0.3) is 0 Å². The van der Waals surface area contributed by atoms with E-state index in [4.69, 9.17) is 16.3 Å². The van der Waals surface area contributed by atoms with E-state index < -0.39 is 0 Å². The van der Waals surface area contributed by atoms with Gasteiger partial charge in [0.1, 0.15) is 29.2 Å². The lowest BCUT2D eigenvalue weighted by Gasteiger charge is -2.19. The van der Waals surface area contributed by atoms with Gasteiger partial charge in [-0.25, -0.2) is 9.97 Å². The molecule has 4 rings (SSSR count). The van der Waals surface area contributed by atoms with Crippen molar-refractivity contribution in [1.29, 1.82) is 0 Å². The normalized spacial score (nSPS) is 11.8. The van der Waals surface area contributed by atoms with Gasteiger partial charge in [-0.2, -0.15) is 0 Å². The highest BCUT2D eigenvalue weighted by molar-refractivity contribution is 7.09. The van der Waals surface area contributed by atoms with Crippen LogP contribution in [-0.4, -0.2) is 20.4 Å². The van der Waals surface area contributed by atoms with Gasteiger partial charge in [0, 0.05) is 29.8 Å². The second-order valence-electron chi connectivity index (χ2n) is 7.46. The fraction of sp³-hybridized carbons (Fsp3) is 0.208. The molecule has 1 amide bonds. The zero-order valence-corrected chi connectivity index (χ0v) is 19.4. The van der Waals surface area contributed by atoms with E-state index in [1.165, 1.54) is 16.9 Å². The third-order valence-electron chi connectivity index (χ3n) is 4.95. The Morgan fingerprint density at radius 1 is 1.19 bits per heavy atom. The Kier molecular flexibility index (Phi) is 6.87. The minimum Gasteiger partial charge on any atom is -0.486 e. The highest BCUT2D eigenvalue weighted by Gasteiger charge is 2.21. The summed E-state index contributed by atoms with van der Waals surface area (Å²) >= 11 is 7.52. The number of hydrogen-bond acceptors (Lipinski definition) is 5. The average molecular weight is 467 g/mol. The second kappa shape index (κ2) is 9.97. The summed E-state index contributed by atoms with van der Waals surface area (Å²) in [6.45, 7) is 2.41. The summed E-state index contributed by atoms with van der Waals surface area (Å²) in [4.78, 5) is 21.8. The van der Waals surface area contributed by atoms with Crippen molar-refractivity contribution in [1.82, 2.24) is 19.9 Å². The predicted molar refractivity (Wildman–Crippen MR) is 126 cm³/mol. The van der Waals surface area contributed by atoms with E-state index in [0.29, 0.717) is 17.3 Å². The number of nitrogens with one attached hydrogen (secondary N) is 1. The molecule has 2 aromatic carbocycles. The molecule has 0 unspecified atom stereocenters. The Bertz CT molecular complexity index is 1190. The molecule has 164 valence electrons. The molecule has 0 aliphatic rings. The lowest BCUT2D eigenvalue weighted by atomic mass is 10.1. The van der Waals surface area contributed by atoms with Crippen molar-refractivity contribution in [3.63, 3.8) is 0 Å². The van der Waals surface area contributed by atoms with Crippen LogP contribution < -0.4 is 10.1 Å². The Labute approximate surface area is 195 Å². The lowest BCUT2D eigenvalue weighted by molar-refractivity contribution is -0.121. The van der Waals surface area contributed by atoms with Crippen LogP contribution in [0.4, 0.5) is 0 Å². The van der Waals surface area contributed by atoms with Gasteiger partial charge in [0.05, 0.1) is 12.1 Å². The third kappa shape index (κ3) is 5.55. The maximum atomic E-state index is 12.8. The van der Waals surface area contributed by atoms with E-state index in [9.17, 15) is 4.79 Å². The first-order chi connectivity index (χ1) is 15.5. The van der Waals surface area contributed by atoms with Crippen LogP contribution in [0.2, 0.25) is 5.02 Å². The fourth-order valence-electron chi connectivity index (χ4n) is 3.26. The van der Waals surface area contributed by atoms with Gasteiger partial charge in [0.15, 0.2) is 0 Å². The Morgan fingerprint density at radius 2 is 1.94 bits per heavy atom. The van der Waals surface area contributed by atoms with E-state index in [1.807, 2.05) is 66.5 Å².